The van der Waals surface area contributed by atoms with Crippen LogP contribution in [0.15, 0.2) is 27.6 Å². The molecule has 1 aromatic heterocycles. The number of benzene rings is 1. The molecule has 3 saturated heterocycles. The van der Waals surface area contributed by atoms with E-state index in [0.29, 0.717) is 30.5 Å². The molecular weight excluding hydrogens is 461 g/mol. The number of rotatable bonds is 6. The average Bonchev–Trinajstić information content (AvgIpc) is 3.56. The summed E-state index contributed by atoms with van der Waals surface area (Å²) < 4.78 is 43.2. The van der Waals surface area contributed by atoms with Gasteiger partial charge in [-0.15, -0.1) is 0 Å². The zero-order valence-corrected chi connectivity index (χ0v) is 20.1. The predicted molar refractivity (Wildman–Crippen MR) is 124 cm³/mol. The number of nitrogens with zero attached hydrogens (tertiary/aromatic N) is 5. The first-order chi connectivity index (χ1) is 16.3. The topological polar surface area (TPSA) is 99.8 Å². The van der Waals surface area contributed by atoms with Gasteiger partial charge in [0, 0.05) is 50.9 Å². The van der Waals surface area contributed by atoms with Gasteiger partial charge in [0.15, 0.2) is 9.84 Å². The molecule has 1 amide bonds. The summed E-state index contributed by atoms with van der Waals surface area (Å²) in [5.41, 5.74) is 0.383. The second-order valence-electron chi connectivity index (χ2n) is 9.54. The summed E-state index contributed by atoms with van der Waals surface area (Å²) in [5.74, 6) is -0.187. The van der Waals surface area contributed by atoms with Crippen LogP contribution in [0.25, 0.3) is 0 Å². The number of anilines is 2. The number of carbonyl (C=O) groups is 1. The summed E-state index contributed by atoms with van der Waals surface area (Å²) in [6, 6.07) is 4.68. The second kappa shape index (κ2) is 9.16. The molecule has 11 heteroatoms. The maximum absolute atomic E-state index is 14.5. The molecule has 0 aliphatic carbocycles. The molecule has 1 aromatic carbocycles. The van der Waals surface area contributed by atoms with Crippen LogP contribution in [0.5, 0.6) is 0 Å². The fourth-order valence-corrected chi connectivity index (χ4v) is 5.89. The van der Waals surface area contributed by atoms with E-state index in [1.54, 1.807) is 0 Å². The van der Waals surface area contributed by atoms with Gasteiger partial charge < -0.3 is 19.2 Å². The van der Waals surface area contributed by atoms with Gasteiger partial charge in [-0.25, -0.2) is 12.8 Å². The van der Waals surface area contributed by atoms with Gasteiger partial charge >= 0.3 is 6.01 Å². The Bertz CT molecular complexity index is 1160. The maximum Gasteiger partial charge on any atom is 0.325 e. The number of amides is 1. The maximum atomic E-state index is 14.5. The van der Waals surface area contributed by atoms with Crippen LogP contribution in [0.3, 0.4) is 0 Å². The summed E-state index contributed by atoms with van der Waals surface area (Å²) >= 11 is 0. The van der Waals surface area contributed by atoms with E-state index in [4.69, 9.17) is 4.52 Å². The van der Waals surface area contributed by atoms with Crippen molar-refractivity contribution in [2.24, 2.45) is 5.92 Å². The Morgan fingerprint density at radius 2 is 1.79 bits per heavy atom. The molecule has 0 saturated carbocycles. The predicted octanol–water partition coefficient (Wildman–Crippen LogP) is 2.27. The van der Waals surface area contributed by atoms with Gasteiger partial charge in [0.2, 0.25) is 5.91 Å². The first-order valence-electron chi connectivity index (χ1n) is 11.9. The minimum absolute atomic E-state index is 0.0472. The Morgan fingerprint density at radius 3 is 2.47 bits per heavy atom. The molecule has 3 aliphatic heterocycles. The number of piperidine rings is 1. The monoisotopic (exact) mass is 491 g/mol. The first-order valence-corrected chi connectivity index (χ1v) is 13.8. The van der Waals surface area contributed by atoms with E-state index in [0.717, 1.165) is 64.2 Å². The summed E-state index contributed by atoms with van der Waals surface area (Å²) in [6.45, 7) is 4.07. The van der Waals surface area contributed by atoms with Gasteiger partial charge in [-0.3, -0.25) is 4.79 Å². The van der Waals surface area contributed by atoms with Gasteiger partial charge in [0.1, 0.15) is 5.82 Å². The van der Waals surface area contributed by atoms with Crippen molar-refractivity contribution in [3.8, 4) is 0 Å². The van der Waals surface area contributed by atoms with Gasteiger partial charge in [-0.1, -0.05) is 6.07 Å². The second-order valence-corrected chi connectivity index (χ2v) is 11.6. The van der Waals surface area contributed by atoms with Gasteiger partial charge in [0.25, 0.3) is 5.95 Å². The number of aromatic nitrogens is 2. The smallest absolute Gasteiger partial charge is 0.325 e. The van der Waals surface area contributed by atoms with Crippen LogP contribution in [0.1, 0.15) is 37.7 Å². The van der Waals surface area contributed by atoms with Crippen molar-refractivity contribution in [2.45, 2.75) is 49.5 Å². The fourth-order valence-electron chi connectivity index (χ4n) is 5.26. The number of sulfone groups is 1. The normalized spacial score (nSPS) is 22.2. The lowest BCUT2D eigenvalue weighted by Crippen LogP contribution is -2.46. The quantitative estimate of drug-likeness (QED) is 0.607. The number of carbonyl (C=O) groups excluding carboxylic acids is 1. The third-order valence-electron chi connectivity index (χ3n) is 7.24. The number of hydrogen-bond acceptors (Lipinski definition) is 8. The Morgan fingerprint density at radius 1 is 1.06 bits per heavy atom. The van der Waals surface area contributed by atoms with Crippen LogP contribution in [0.2, 0.25) is 0 Å². The van der Waals surface area contributed by atoms with E-state index in [1.807, 2.05) is 4.90 Å². The molecule has 0 unspecified atom stereocenters. The van der Waals surface area contributed by atoms with Crippen molar-refractivity contribution in [3.05, 3.63) is 29.6 Å². The van der Waals surface area contributed by atoms with Gasteiger partial charge in [-0.05, 0) is 61.4 Å². The molecule has 0 bridgehead atoms. The molecule has 1 atom stereocenters. The van der Waals surface area contributed by atoms with Crippen molar-refractivity contribution in [1.29, 1.82) is 0 Å². The molecule has 184 valence electrons. The minimum Gasteiger partial charge on any atom is -0.339 e. The van der Waals surface area contributed by atoms with Crippen molar-refractivity contribution >= 4 is 27.7 Å². The average molecular weight is 492 g/mol. The number of halogens is 1. The molecule has 3 aliphatic rings. The SMILES string of the molecule is CS(=O)(=O)c1ccc(C[C@H]2CCN(C3CCN(c4noc(N5CCCC5)n4)CC3)C2=O)c(F)c1. The number of likely N-dealkylation sites (tertiary alicyclic amines) is 1. The highest BCUT2D eigenvalue weighted by atomic mass is 32.2. The molecular formula is C23H30FN5O4S. The standard InChI is InChI=1S/C23H30FN5O4S/c1-34(31,32)19-5-4-16(20(24)15-19)14-17-6-13-29(21(17)30)18-7-11-27(12-8-18)22-25-23(33-26-22)28-9-2-3-10-28/h4-5,15,17-18H,2-3,6-14H2,1H3/t17-/m1/s1. The van der Waals surface area contributed by atoms with Crippen molar-refractivity contribution in [1.82, 2.24) is 15.0 Å². The van der Waals surface area contributed by atoms with Gasteiger partial charge in [0.05, 0.1) is 4.90 Å². The lowest BCUT2D eigenvalue weighted by molar-refractivity contribution is -0.133. The van der Waals surface area contributed by atoms with E-state index in [-0.39, 0.29) is 29.2 Å². The van der Waals surface area contributed by atoms with Crippen molar-refractivity contribution < 1.29 is 22.1 Å². The fraction of sp³-hybridized carbons (Fsp3) is 0.609. The molecule has 0 N–H and O–H groups in total. The zero-order chi connectivity index (χ0) is 23.9. The summed E-state index contributed by atoms with van der Waals surface area (Å²) in [6.07, 6.45) is 5.95. The molecule has 0 spiro atoms. The molecule has 3 fully saturated rings. The lowest BCUT2D eigenvalue weighted by atomic mass is 9.97. The highest BCUT2D eigenvalue weighted by Crippen LogP contribution is 2.30. The van der Waals surface area contributed by atoms with E-state index >= 15 is 0 Å². The highest BCUT2D eigenvalue weighted by Gasteiger charge is 2.38. The Kier molecular flexibility index (Phi) is 6.22. The summed E-state index contributed by atoms with van der Waals surface area (Å²) in [4.78, 5) is 23.8. The third-order valence-corrected chi connectivity index (χ3v) is 8.35. The molecule has 2 aromatic rings. The van der Waals surface area contributed by atoms with Crippen molar-refractivity contribution in [2.75, 3.05) is 48.8 Å². The Balaban J connectivity index is 1.16. The molecule has 9 nitrogen and oxygen atoms in total. The third kappa shape index (κ3) is 4.62. The van der Waals surface area contributed by atoms with E-state index in [2.05, 4.69) is 19.9 Å². The molecule has 4 heterocycles. The van der Waals surface area contributed by atoms with E-state index in [1.165, 1.54) is 12.1 Å². The van der Waals surface area contributed by atoms with Crippen LogP contribution in [-0.4, -0.2) is 74.4 Å². The molecule has 0 radical (unpaired) electrons. The summed E-state index contributed by atoms with van der Waals surface area (Å²) in [7, 11) is -3.47. The first kappa shape index (κ1) is 23.1. The van der Waals surface area contributed by atoms with E-state index < -0.39 is 15.7 Å². The number of hydrogen-bond donors (Lipinski definition) is 0. The van der Waals surface area contributed by atoms with Crippen molar-refractivity contribution in [3.63, 3.8) is 0 Å². The molecule has 5 rings (SSSR count). The van der Waals surface area contributed by atoms with Crippen LogP contribution in [-0.2, 0) is 21.1 Å². The lowest BCUT2D eigenvalue weighted by Gasteiger charge is -2.36. The van der Waals surface area contributed by atoms with Crippen LogP contribution >= 0.6 is 0 Å². The zero-order valence-electron chi connectivity index (χ0n) is 19.3. The van der Waals surface area contributed by atoms with Crippen LogP contribution < -0.4 is 9.80 Å². The van der Waals surface area contributed by atoms with Crippen LogP contribution in [0, 0.1) is 11.7 Å². The minimum atomic E-state index is -3.47. The largest absolute Gasteiger partial charge is 0.339 e. The van der Waals surface area contributed by atoms with Gasteiger partial charge in [-0.2, -0.15) is 4.98 Å². The molecule has 34 heavy (non-hydrogen) atoms. The Hall–Kier alpha value is -2.69. The van der Waals surface area contributed by atoms with E-state index in [9.17, 15) is 17.6 Å². The highest BCUT2D eigenvalue weighted by molar-refractivity contribution is 7.90. The Labute approximate surface area is 198 Å². The summed E-state index contributed by atoms with van der Waals surface area (Å²) in [5, 5.41) is 4.15. The van der Waals surface area contributed by atoms with Crippen LogP contribution in [0.4, 0.5) is 16.4 Å².